The highest BCUT2D eigenvalue weighted by Crippen LogP contribution is 2.59. The van der Waals surface area contributed by atoms with Gasteiger partial charge in [-0.2, -0.15) is 0 Å². The molecule has 8 rings (SSSR count). The molecule has 6 aromatic rings. The van der Waals surface area contributed by atoms with E-state index in [2.05, 4.69) is 51.6 Å². The minimum absolute atomic E-state index is 0.0140. The van der Waals surface area contributed by atoms with E-state index < -0.39 is 0 Å². The maximum Gasteiger partial charge on any atom is 0.135 e. The van der Waals surface area contributed by atoms with Crippen molar-refractivity contribution < 1.29 is 39.4 Å². The van der Waals surface area contributed by atoms with Crippen LogP contribution in [-0.2, 0) is 12.8 Å². The normalized spacial score (nSPS) is 19.3. The lowest BCUT2D eigenvalue weighted by atomic mass is 9.78. The number of phenols is 4. The molecule has 2 aliphatic rings. The molecule has 4 unspecified atom stereocenters. The molecule has 0 fully saturated rings. The first-order valence-electron chi connectivity index (χ1n) is 20.6. The molecule has 4 N–H and O–H groups in total. The van der Waals surface area contributed by atoms with Gasteiger partial charge in [0.1, 0.15) is 46.0 Å². The summed E-state index contributed by atoms with van der Waals surface area (Å²) in [5, 5.41) is 51.7. The van der Waals surface area contributed by atoms with Crippen LogP contribution in [0.5, 0.6) is 46.0 Å². The van der Waals surface area contributed by atoms with Crippen molar-refractivity contribution >= 4 is 21.5 Å². The standard InChI is InChI=1S/C50H56N2O8/c1-23-19-29-21-33(53)45(49(59-11)41(29)27(5)51(23)7)39-25(3)37(31-15-13-17-35(57-9)43(31)47(39)55)38-26(4)40(48(56)44-32(38)16-14-18-36(44)58-10)46-34(54)22-30-20-24(2)52(8)28(6)42(30)50(46)60-12/h13-18,21-24,27-28,53-56H,19-20H2,1-12H3. The number of fused-ring (bicyclic) bond motifs is 4. The van der Waals surface area contributed by atoms with Crippen molar-refractivity contribution in [2.24, 2.45) is 0 Å². The van der Waals surface area contributed by atoms with E-state index in [0.717, 1.165) is 46.2 Å². The van der Waals surface area contributed by atoms with Crippen LogP contribution in [0.15, 0.2) is 48.5 Å². The third-order valence-electron chi connectivity index (χ3n) is 13.9. The van der Waals surface area contributed by atoms with Crippen LogP contribution in [-0.4, -0.2) is 84.8 Å². The fourth-order valence-electron chi connectivity index (χ4n) is 10.5. The van der Waals surface area contributed by atoms with Gasteiger partial charge in [-0.15, -0.1) is 0 Å². The summed E-state index contributed by atoms with van der Waals surface area (Å²) in [6, 6.07) is 15.3. The van der Waals surface area contributed by atoms with E-state index in [1.807, 2.05) is 50.2 Å². The molecule has 0 radical (unpaired) electrons. The van der Waals surface area contributed by atoms with Gasteiger partial charge in [-0.05, 0) is 137 Å². The van der Waals surface area contributed by atoms with Crippen molar-refractivity contribution in [2.75, 3.05) is 42.5 Å². The van der Waals surface area contributed by atoms with Crippen LogP contribution in [0.1, 0.15) is 73.2 Å². The molecule has 0 amide bonds. The Balaban J connectivity index is 1.57. The second-order valence-electron chi connectivity index (χ2n) is 16.8. The zero-order valence-electron chi connectivity index (χ0n) is 36.7. The second kappa shape index (κ2) is 15.0. The average molecular weight is 813 g/mol. The molecule has 2 heterocycles. The smallest absolute Gasteiger partial charge is 0.135 e. The number of rotatable bonds is 7. The van der Waals surface area contributed by atoms with Gasteiger partial charge in [-0.3, -0.25) is 9.80 Å². The number of ether oxygens (including phenoxy) is 4. The zero-order chi connectivity index (χ0) is 43.2. The minimum atomic E-state index is -0.0673. The maximum atomic E-state index is 12.6. The Bertz CT molecular complexity index is 2560. The first kappa shape index (κ1) is 40.9. The van der Waals surface area contributed by atoms with Crippen molar-refractivity contribution in [2.45, 2.75) is 78.6 Å². The van der Waals surface area contributed by atoms with Gasteiger partial charge in [-0.1, -0.05) is 24.3 Å². The molecule has 314 valence electrons. The Morgan fingerprint density at radius 3 is 1.22 bits per heavy atom. The first-order chi connectivity index (χ1) is 28.6. The monoisotopic (exact) mass is 812 g/mol. The summed E-state index contributed by atoms with van der Waals surface area (Å²) in [5.74, 6) is 1.68. The molecule has 4 atom stereocenters. The van der Waals surface area contributed by atoms with Gasteiger partial charge in [0.15, 0.2) is 0 Å². The van der Waals surface area contributed by atoms with Gasteiger partial charge < -0.3 is 39.4 Å². The van der Waals surface area contributed by atoms with Gasteiger partial charge in [-0.25, -0.2) is 0 Å². The molecule has 0 aromatic heterocycles. The van der Waals surface area contributed by atoms with Crippen LogP contribution in [0.25, 0.3) is 54.9 Å². The van der Waals surface area contributed by atoms with E-state index in [-0.39, 0.29) is 47.2 Å². The number of nitrogens with zero attached hydrogens (tertiary/aromatic N) is 2. The van der Waals surface area contributed by atoms with E-state index in [4.69, 9.17) is 18.9 Å². The summed E-state index contributed by atoms with van der Waals surface area (Å²) in [6.07, 6.45) is 1.44. The largest absolute Gasteiger partial charge is 0.507 e. The van der Waals surface area contributed by atoms with Crippen LogP contribution in [0.2, 0.25) is 0 Å². The summed E-state index contributed by atoms with van der Waals surface area (Å²) < 4.78 is 24.4. The molecule has 0 saturated heterocycles. The highest BCUT2D eigenvalue weighted by atomic mass is 16.5. The van der Waals surface area contributed by atoms with Crippen molar-refractivity contribution in [3.63, 3.8) is 0 Å². The molecular formula is C50H56N2O8. The summed E-state index contributed by atoms with van der Waals surface area (Å²) in [5.41, 5.74) is 8.17. The number of phenolic OH excluding ortho intramolecular Hbond substituents is 4. The summed E-state index contributed by atoms with van der Waals surface area (Å²) in [7, 11) is 10.5. The SMILES string of the molecule is COc1c(-c2c(C)c(-c3c(C)c(-c4c(O)cc5c(c4OC)C(C)N(C)C(C)C5)c(O)c4c(OC)cccc34)c3cccc(OC)c3c2O)c(O)cc2c1C(C)N(C)C(C)C2. The van der Waals surface area contributed by atoms with Gasteiger partial charge in [0.2, 0.25) is 0 Å². The summed E-state index contributed by atoms with van der Waals surface area (Å²) in [6.45, 7) is 12.5. The number of hydrogen-bond donors (Lipinski definition) is 4. The minimum Gasteiger partial charge on any atom is -0.507 e. The van der Waals surface area contributed by atoms with Crippen molar-refractivity contribution in [1.82, 2.24) is 9.80 Å². The molecule has 0 bridgehead atoms. The van der Waals surface area contributed by atoms with E-state index >= 15 is 0 Å². The fourth-order valence-corrected chi connectivity index (χ4v) is 10.5. The molecular weight excluding hydrogens is 757 g/mol. The third kappa shape index (κ3) is 5.74. The Morgan fingerprint density at radius 2 is 0.883 bits per heavy atom. The zero-order valence-corrected chi connectivity index (χ0v) is 36.7. The quantitative estimate of drug-likeness (QED) is 0.124. The number of hydrogen-bond acceptors (Lipinski definition) is 10. The van der Waals surface area contributed by atoms with E-state index in [1.54, 1.807) is 40.6 Å². The van der Waals surface area contributed by atoms with Crippen LogP contribution in [0.3, 0.4) is 0 Å². The number of benzene rings is 6. The number of likely N-dealkylation sites (N-methyl/N-ethyl adjacent to an activating group) is 2. The van der Waals surface area contributed by atoms with Crippen molar-refractivity contribution in [3.05, 3.63) is 81.9 Å². The first-order valence-corrected chi connectivity index (χ1v) is 20.6. The Labute approximate surface area is 352 Å². The fraction of sp³-hybridized carbons (Fsp3) is 0.360. The van der Waals surface area contributed by atoms with E-state index in [9.17, 15) is 20.4 Å². The molecule has 0 spiro atoms. The molecule has 6 aromatic carbocycles. The van der Waals surface area contributed by atoms with Gasteiger partial charge >= 0.3 is 0 Å². The molecule has 60 heavy (non-hydrogen) atoms. The van der Waals surface area contributed by atoms with Crippen molar-refractivity contribution in [3.8, 4) is 79.4 Å². The highest BCUT2D eigenvalue weighted by molar-refractivity contribution is 6.18. The molecule has 2 aliphatic heterocycles. The third-order valence-corrected chi connectivity index (χ3v) is 13.9. The lowest BCUT2D eigenvalue weighted by Crippen LogP contribution is -2.38. The summed E-state index contributed by atoms with van der Waals surface area (Å²) >= 11 is 0. The van der Waals surface area contributed by atoms with Gasteiger partial charge in [0, 0.05) is 46.4 Å². The van der Waals surface area contributed by atoms with Crippen molar-refractivity contribution in [1.29, 1.82) is 0 Å². The van der Waals surface area contributed by atoms with Crippen LogP contribution in [0.4, 0.5) is 0 Å². The van der Waals surface area contributed by atoms with Crippen LogP contribution >= 0.6 is 0 Å². The second-order valence-corrected chi connectivity index (χ2v) is 16.8. The summed E-state index contributed by atoms with van der Waals surface area (Å²) in [4.78, 5) is 4.58. The maximum absolute atomic E-state index is 12.6. The number of aromatic hydroxyl groups is 4. The molecule has 10 heteroatoms. The Hall–Kier alpha value is -5.84. The van der Waals surface area contributed by atoms with Crippen LogP contribution in [0, 0.1) is 13.8 Å². The van der Waals surface area contributed by atoms with E-state index in [0.29, 0.717) is 77.9 Å². The predicted octanol–water partition coefficient (Wildman–Crippen LogP) is 10.3. The molecule has 0 saturated carbocycles. The van der Waals surface area contributed by atoms with Gasteiger partial charge in [0.05, 0.1) is 50.3 Å². The Morgan fingerprint density at radius 1 is 0.517 bits per heavy atom. The topological polar surface area (TPSA) is 124 Å². The lowest BCUT2D eigenvalue weighted by Gasteiger charge is -2.39. The Kier molecular flexibility index (Phi) is 10.2. The van der Waals surface area contributed by atoms with E-state index in [1.165, 1.54) is 0 Å². The average Bonchev–Trinajstić information content (AvgIpc) is 3.22. The molecule has 10 nitrogen and oxygen atoms in total. The van der Waals surface area contributed by atoms with Gasteiger partial charge in [0.25, 0.3) is 0 Å². The lowest BCUT2D eigenvalue weighted by molar-refractivity contribution is 0.175. The molecule has 0 aliphatic carbocycles. The highest BCUT2D eigenvalue weighted by Gasteiger charge is 2.37. The predicted molar refractivity (Wildman–Crippen MR) is 239 cm³/mol. The van der Waals surface area contributed by atoms with Crippen LogP contribution < -0.4 is 18.9 Å². The number of methoxy groups -OCH3 is 4.